The molecule has 0 saturated carbocycles. The second-order valence-electron chi connectivity index (χ2n) is 9.44. The SMILES string of the molecule is CC(C)Cc1cc(CC(C)C)c2oc3ccccc3c2c1-n1ccnc1-c1[c-]cccc1.[Ir]. The number of benzene rings is 3. The summed E-state index contributed by atoms with van der Waals surface area (Å²) in [6.07, 6.45) is 5.93. The number of imidazole rings is 1. The van der Waals surface area contributed by atoms with Gasteiger partial charge in [-0.05, 0) is 47.9 Å². The van der Waals surface area contributed by atoms with Crippen LogP contribution in [0.3, 0.4) is 0 Å². The van der Waals surface area contributed by atoms with E-state index in [1.807, 2.05) is 30.5 Å². The maximum atomic E-state index is 6.49. The summed E-state index contributed by atoms with van der Waals surface area (Å²) in [4.78, 5) is 4.73. The summed E-state index contributed by atoms with van der Waals surface area (Å²) in [5.74, 6) is 1.98. The average molecular weight is 614 g/mol. The molecule has 3 aromatic carbocycles. The zero-order chi connectivity index (χ0) is 22.2. The number of rotatable bonds is 6. The third-order valence-corrected chi connectivity index (χ3v) is 5.86. The maximum Gasteiger partial charge on any atom is 0.140 e. The van der Waals surface area contributed by atoms with Gasteiger partial charge in [0.05, 0.1) is 16.9 Å². The van der Waals surface area contributed by atoms with Crippen molar-refractivity contribution in [1.29, 1.82) is 0 Å². The van der Waals surface area contributed by atoms with Crippen LogP contribution in [-0.2, 0) is 32.9 Å². The molecule has 171 valence electrons. The fourth-order valence-electron chi connectivity index (χ4n) is 4.69. The van der Waals surface area contributed by atoms with Crippen molar-refractivity contribution in [3.05, 3.63) is 84.2 Å². The van der Waals surface area contributed by atoms with Crippen molar-refractivity contribution >= 4 is 21.9 Å². The Morgan fingerprint density at radius 2 is 1.67 bits per heavy atom. The first-order valence-corrected chi connectivity index (χ1v) is 11.5. The molecule has 1 radical (unpaired) electrons. The molecule has 0 saturated heterocycles. The van der Waals surface area contributed by atoms with Crippen molar-refractivity contribution < 1.29 is 24.5 Å². The number of aromatic nitrogens is 2. The van der Waals surface area contributed by atoms with E-state index in [-0.39, 0.29) is 20.1 Å². The number of hydrogen-bond acceptors (Lipinski definition) is 2. The van der Waals surface area contributed by atoms with Crippen molar-refractivity contribution in [2.45, 2.75) is 40.5 Å². The van der Waals surface area contributed by atoms with Gasteiger partial charge in [0.2, 0.25) is 0 Å². The second kappa shape index (κ2) is 9.67. The molecule has 0 fully saturated rings. The number of furan rings is 1. The van der Waals surface area contributed by atoms with Gasteiger partial charge in [0.15, 0.2) is 0 Å². The van der Waals surface area contributed by atoms with E-state index in [9.17, 15) is 0 Å². The topological polar surface area (TPSA) is 31.0 Å². The van der Waals surface area contributed by atoms with E-state index < -0.39 is 0 Å². The predicted octanol–water partition coefficient (Wildman–Crippen LogP) is 7.63. The van der Waals surface area contributed by atoms with Crippen LogP contribution in [0.4, 0.5) is 0 Å². The molecule has 0 unspecified atom stereocenters. The van der Waals surface area contributed by atoms with Crippen molar-refractivity contribution in [2.24, 2.45) is 11.8 Å². The first-order valence-electron chi connectivity index (χ1n) is 11.5. The molecule has 0 aliphatic heterocycles. The minimum atomic E-state index is 0. The van der Waals surface area contributed by atoms with E-state index >= 15 is 0 Å². The maximum absolute atomic E-state index is 6.49. The van der Waals surface area contributed by atoms with E-state index in [1.165, 1.54) is 22.2 Å². The Balaban J connectivity index is 0.00000259. The molecule has 0 aliphatic rings. The summed E-state index contributed by atoms with van der Waals surface area (Å²) in [5.41, 5.74) is 6.72. The largest absolute Gasteiger partial charge is 0.456 e. The van der Waals surface area contributed by atoms with Gasteiger partial charge < -0.3 is 8.98 Å². The molecule has 2 heterocycles. The fraction of sp³-hybridized carbons (Fsp3) is 0.276. The summed E-state index contributed by atoms with van der Waals surface area (Å²) in [6.45, 7) is 9.10. The van der Waals surface area contributed by atoms with Gasteiger partial charge in [-0.25, -0.2) is 0 Å². The molecule has 5 aromatic rings. The summed E-state index contributed by atoms with van der Waals surface area (Å²) >= 11 is 0. The molecular formula is C29H29IrN2O-. The van der Waals surface area contributed by atoms with E-state index in [0.29, 0.717) is 11.8 Å². The number of para-hydroxylation sites is 1. The van der Waals surface area contributed by atoms with Crippen LogP contribution >= 0.6 is 0 Å². The second-order valence-corrected chi connectivity index (χ2v) is 9.44. The zero-order valence-electron chi connectivity index (χ0n) is 19.6. The first-order chi connectivity index (χ1) is 15.5. The average Bonchev–Trinajstić information content (AvgIpc) is 3.39. The van der Waals surface area contributed by atoms with Crippen LogP contribution in [0, 0.1) is 17.9 Å². The Hall–Kier alpha value is -2.68. The minimum absolute atomic E-state index is 0. The molecule has 0 bridgehead atoms. The molecule has 0 spiro atoms. The Morgan fingerprint density at radius 3 is 2.39 bits per heavy atom. The molecular weight excluding hydrogens is 585 g/mol. The van der Waals surface area contributed by atoms with Gasteiger partial charge >= 0.3 is 0 Å². The zero-order valence-corrected chi connectivity index (χ0v) is 22.0. The Morgan fingerprint density at radius 1 is 0.939 bits per heavy atom. The van der Waals surface area contributed by atoms with Crippen LogP contribution in [0.1, 0.15) is 38.8 Å². The third kappa shape index (κ3) is 4.43. The molecule has 33 heavy (non-hydrogen) atoms. The van der Waals surface area contributed by atoms with Crippen LogP contribution in [0.15, 0.2) is 71.4 Å². The summed E-state index contributed by atoms with van der Waals surface area (Å²) in [5, 5.41) is 2.34. The number of hydrogen-bond donors (Lipinski definition) is 0. The molecule has 4 heteroatoms. The van der Waals surface area contributed by atoms with Crippen LogP contribution in [0.2, 0.25) is 0 Å². The standard InChI is InChI=1S/C29H29N2O.Ir/c1-19(2)16-22-18-23(17-20(3)4)28-26(24-12-8-9-13-25(24)32-28)27(22)31-15-14-30-29(31)21-10-6-5-7-11-21;/h5-10,12-15,18-20H,16-17H2,1-4H3;/q-1;. The van der Waals surface area contributed by atoms with Gasteiger partial charge in [-0.1, -0.05) is 45.9 Å². The Labute approximate surface area is 209 Å². The molecule has 5 rings (SSSR count). The van der Waals surface area contributed by atoms with E-state index in [0.717, 1.165) is 40.8 Å². The van der Waals surface area contributed by atoms with Gasteiger partial charge in [-0.3, -0.25) is 4.98 Å². The summed E-state index contributed by atoms with van der Waals surface area (Å²) < 4.78 is 8.72. The monoisotopic (exact) mass is 614 g/mol. The van der Waals surface area contributed by atoms with E-state index in [4.69, 9.17) is 9.40 Å². The molecule has 0 aliphatic carbocycles. The Kier molecular flexibility index (Phi) is 6.88. The van der Waals surface area contributed by atoms with Crippen molar-refractivity contribution in [2.75, 3.05) is 0 Å². The van der Waals surface area contributed by atoms with Gasteiger partial charge in [-0.15, -0.1) is 35.9 Å². The van der Waals surface area contributed by atoms with Gasteiger partial charge in [0, 0.05) is 37.9 Å². The van der Waals surface area contributed by atoms with Crippen LogP contribution in [0.5, 0.6) is 0 Å². The van der Waals surface area contributed by atoms with Gasteiger partial charge in [0.25, 0.3) is 0 Å². The molecule has 2 aromatic heterocycles. The predicted molar refractivity (Wildman–Crippen MR) is 132 cm³/mol. The number of nitrogens with zero attached hydrogens (tertiary/aromatic N) is 2. The molecule has 3 nitrogen and oxygen atoms in total. The normalized spacial score (nSPS) is 11.6. The summed E-state index contributed by atoms with van der Waals surface area (Å²) in [6, 6.07) is 22.1. The van der Waals surface area contributed by atoms with Crippen molar-refractivity contribution in [1.82, 2.24) is 9.55 Å². The summed E-state index contributed by atoms with van der Waals surface area (Å²) in [7, 11) is 0. The van der Waals surface area contributed by atoms with Crippen LogP contribution < -0.4 is 0 Å². The van der Waals surface area contributed by atoms with Crippen molar-refractivity contribution in [3.63, 3.8) is 0 Å². The van der Waals surface area contributed by atoms with Crippen LogP contribution in [0.25, 0.3) is 39.0 Å². The molecule has 0 amide bonds. The molecule has 0 N–H and O–H groups in total. The Bertz CT molecular complexity index is 1380. The fourth-order valence-corrected chi connectivity index (χ4v) is 4.69. The molecule has 0 atom stereocenters. The quantitative estimate of drug-likeness (QED) is 0.184. The van der Waals surface area contributed by atoms with E-state index in [2.05, 4.69) is 74.9 Å². The number of fused-ring (bicyclic) bond motifs is 3. The van der Waals surface area contributed by atoms with Gasteiger partial charge in [-0.2, -0.15) is 0 Å². The minimum Gasteiger partial charge on any atom is -0.456 e. The smallest absolute Gasteiger partial charge is 0.140 e. The first kappa shape index (κ1) is 23.5. The van der Waals surface area contributed by atoms with Crippen molar-refractivity contribution in [3.8, 4) is 17.1 Å². The van der Waals surface area contributed by atoms with Gasteiger partial charge in [0.1, 0.15) is 11.2 Å². The van der Waals surface area contributed by atoms with Crippen LogP contribution in [-0.4, -0.2) is 9.55 Å². The van der Waals surface area contributed by atoms with E-state index in [1.54, 1.807) is 0 Å². The third-order valence-electron chi connectivity index (χ3n) is 5.86.